The number of cyclic esters (lactones) is 1. The zero-order chi connectivity index (χ0) is 14.5. The maximum absolute atomic E-state index is 12.1. The van der Waals surface area contributed by atoms with Crippen molar-refractivity contribution in [1.82, 2.24) is 0 Å². The van der Waals surface area contributed by atoms with E-state index in [0.717, 1.165) is 24.6 Å². The van der Waals surface area contributed by atoms with Gasteiger partial charge in [0.05, 0.1) is 6.61 Å². The first-order chi connectivity index (χ1) is 8.96. The third kappa shape index (κ3) is 3.62. The monoisotopic (exact) mass is 288 g/mol. The van der Waals surface area contributed by atoms with E-state index in [4.69, 9.17) is 20.6 Å². The van der Waals surface area contributed by atoms with Crippen LogP contribution in [0.1, 0.15) is 39.5 Å². The molecule has 19 heavy (non-hydrogen) atoms. The van der Waals surface area contributed by atoms with Gasteiger partial charge >= 0.3 is 11.9 Å². The zero-order valence-corrected chi connectivity index (χ0v) is 12.0. The molecular formula is C12H20N2O4S. The third-order valence-electron chi connectivity index (χ3n) is 3.03. The van der Waals surface area contributed by atoms with Gasteiger partial charge in [0.2, 0.25) is 0 Å². The van der Waals surface area contributed by atoms with Crippen LogP contribution < -0.4 is 5.73 Å². The number of rotatable bonds is 6. The SMILES string of the molecule is CCCC[C@@]1(C(=O)OCC)C[C@@H](SC(=N)N)OC1=O. The van der Waals surface area contributed by atoms with Crippen molar-refractivity contribution in [3.8, 4) is 0 Å². The molecule has 3 N–H and O–H groups in total. The summed E-state index contributed by atoms with van der Waals surface area (Å²) in [4.78, 5) is 24.2. The van der Waals surface area contributed by atoms with Gasteiger partial charge in [0, 0.05) is 6.42 Å². The van der Waals surface area contributed by atoms with Crippen LogP contribution >= 0.6 is 11.8 Å². The number of carbonyl (C=O) groups excluding carboxylic acids is 2. The van der Waals surface area contributed by atoms with Crippen molar-refractivity contribution in [3.05, 3.63) is 0 Å². The topological polar surface area (TPSA) is 102 Å². The average Bonchev–Trinajstić information content (AvgIpc) is 2.63. The first-order valence-corrected chi connectivity index (χ1v) is 7.23. The molecule has 1 aliphatic rings. The fourth-order valence-electron chi connectivity index (χ4n) is 2.07. The Morgan fingerprint density at radius 1 is 1.63 bits per heavy atom. The summed E-state index contributed by atoms with van der Waals surface area (Å²) >= 11 is 0.947. The molecule has 1 heterocycles. The van der Waals surface area contributed by atoms with Gasteiger partial charge in [-0.05, 0) is 25.1 Å². The van der Waals surface area contributed by atoms with Crippen molar-refractivity contribution in [2.24, 2.45) is 11.1 Å². The van der Waals surface area contributed by atoms with E-state index in [1.165, 1.54) is 0 Å². The van der Waals surface area contributed by atoms with Gasteiger partial charge in [0.25, 0.3) is 0 Å². The molecule has 1 aliphatic heterocycles. The maximum Gasteiger partial charge on any atom is 0.324 e. The summed E-state index contributed by atoms with van der Waals surface area (Å²) in [5.74, 6) is -1.08. The van der Waals surface area contributed by atoms with Crippen LogP contribution in [0.2, 0.25) is 0 Å². The molecular weight excluding hydrogens is 268 g/mol. The average molecular weight is 288 g/mol. The molecule has 0 aliphatic carbocycles. The predicted octanol–water partition coefficient (Wildman–Crippen LogP) is 1.63. The molecule has 1 fully saturated rings. The lowest BCUT2D eigenvalue weighted by molar-refractivity contribution is -0.165. The Labute approximate surface area is 116 Å². The molecule has 0 aromatic heterocycles. The van der Waals surface area contributed by atoms with Crippen LogP contribution in [0.25, 0.3) is 0 Å². The van der Waals surface area contributed by atoms with E-state index >= 15 is 0 Å². The normalized spacial score (nSPS) is 26.0. The fraction of sp³-hybridized carbons (Fsp3) is 0.750. The molecule has 0 saturated carbocycles. The molecule has 0 aromatic carbocycles. The minimum absolute atomic E-state index is 0.132. The Morgan fingerprint density at radius 3 is 2.84 bits per heavy atom. The Kier molecular flexibility index (Phi) is 5.65. The van der Waals surface area contributed by atoms with Gasteiger partial charge in [-0.1, -0.05) is 19.8 Å². The highest BCUT2D eigenvalue weighted by Crippen LogP contribution is 2.43. The standard InChI is InChI=1S/C12H20N2O4S/c1-3-5-6-12(9(15)17-4-2)7-8(18-10(12)16)19-11(13)14/h8H,3-7H2,1-2H3,(H3,13,14)/t8-,12+/m1/s1. The fourth-order valence-corrected chi connectivity index (χ4v) is 2.86. The van der Waals surface area contributed by atoms with Gasteiger partial charge < -0.3 is 15.2 Å². The van der Waals surface area contributed by atoms with Crippen LogP contribution in [-0.2, 0) is 19.1 Å². The predicted molar refractivity (Wildman–Crippen MR) is 72.6 cm³/mol. The third-order valence-corrected chi connectivity index (χ3v) is 3.81. The van der Waals surface area contributed by atoms with Gasteiger partial charge in [0.1, 0.15) is 0 Å². The molecule has 0 aromatic rings. The number of nitrogens with two attached hydrogens (primary N) is 1. The van der Waals surface area contributed by atoms with Crippen molar-refractivity contribution in [2.75, 3.05) is 6.61 Å². The van der Waals surface area contributed by atoms with Gasteiger partial charge in [-0.3, -0.25) is 15.0 Å². The van der Waals surface area contributed by atoms with Gasteiger partial charge in [0.15, 0.2) is 16.0 Å². The maximum atomic E-state index is 12.1. The van der Waals surface area contributed by atoms with E-state index in [0.29, 0.717) is 6.42 Å². The Bertz CT molecular complexity index is 375. The summed E-state index contributed by atoms with van der Waals surface area (Å²) in [5.41, 5.74) is 3.48. The van der Waals surface area contributed by atoms with E-state index < -0.39 is 22.8 Å². The number of amidine groups is 1. The number of esters is 2. The summed E-state index contributed by atoms with van der Waals surface area (Å²) in [7, 11) is 0. The van der Waals surface area contributed by atoms with Crippen molar-refractivity contribution >= 4 is 28.9 Å². The van der Waals surface area contributed by atoms with Crippen molar-refractivity contribution in [2.45, 2.75) is 45.0 Å². The number of nitrogens with one attached hydrogen (secondary N) is 1. The molecule has 0 amide bonds. The molecule has 2 atom stereocenters. The number of carbonyl (C=O) groups is 2. The minimum Gasteiger partial charge on any atom is -0.465 e. The summed E-state index contributed by atoms with van der Waals surface area (Å²) in [6.45, 7) is 3.92. The lowest BCUT2D eigenvalue weighted by Gasteiger charge is -2.21. The quantitative estimate of drug-likeness (QED) is 0.333. The van der Waals surface area contributed by atoms with Gasteiger partial charge in [-0.15, -0.1) is 0 Å². The highest BCUT2D eigenvalue weighted by molar-refractivity contribution is 8.14. The minimum atomic E-state index is -1.22. The number of hydrogen-bond donors (Lipinski definition) is 2. The van der Waals surface area contributed by atoms with E-state index in [1.54, 1.807) is 6.92 Å². The number of thioether (sulfide) groups is 1. The van der Waals surface area contributed by atoms with Gasteiger partial charge in [-0.2, -0.15) is 0 Å². The molecule has 1 saturated heterocycles. The molecule has 1 rings (SSSR count). The van der Waals surface area contributed by atoms with Crippen LogP contribution in [0.4, 0.5) is 0 Å². The molecule has 6 nitrogen and oxygen atoms in total. The Balaban J connectivity index is 2.87. The Hall–Kier alpha value is -1.24. The lowest BCUT2D eigenvalue weighted by atomic mass is 9.81. The van der Waals surface area contributed by atoms with Crippen molar-refractivity contribution in [3.63, 3.8) is 0 Å². The second-order valence-corrected chi connectivity index (χ2v) is 5.63. The molecule has 0 radical (unpaired) electrons. The summed E-state index contributed by atoms with van der Waals surface area (Å²) in [5, 5.41) is 7.08. The molecule has 0 unspecified atom stereocenters. The van der Waals surface area contributed by atoms with E-state index in [1.807, 2.05) is 6.92 Å². The molecule has 108 valence electrons. The van der Waals surface area contributed by atoms with Crippen LogP contribution in [0.3, 0.4) is 0 Å². The summed E-state index contributed by atoms with van der Waals surface area (Å²) < 4.78 is 10.2. The highest BCUT2D eigenvalue weighted by Gasteiger charge is 2.55. The molecule has 7 heteroatoms. The Morgan fingerprint density at radius 2 is 2.32 bits per heavy atom. The summed E-state index contributed by atoms with van der Waals surface area (Å²) in [6.07, 6.45) is 2.25. The molecule has 0 spiro atoms. The summed E-state index contributed by atoms with van der Waals surface area (Å²) in [6, 6.07) is 0. The van der Waals surface area contributed by atoms with Crippen LogP contribution in [0.15, 0.2) is 0 Å². The van der Waals surface area contributed by atoms with Crippen molar-refractivity contribution in [1.29, 1.82) is 5.41 Å². The van der Waals surface area contributed by atoms with Crippen LogP contribution in [0, 0.1) is 10.8 Å². The molecule has 0 bridgehead atoms. The van der Waals surface area contributed by atoms with E-state index in [-0.39, 0.29) is 18.2 Å². The zero-order valence-electron chi connectivity index (χ0n) is 11.2. The highest BCUT2D eigenvalue weighted by atomic mass is 32.2. The largest absolute Gasteiger partial charge is 0.465 e. The second kappa shape index (κ2) is 6.79. The second-order valence-electron chi connectivity index (χ2n) is 4.43. The number of ether oxygens (including phenoxy) is 2. The lowest BCUT2D eigenvalue weighted by Crippen LogP contribution is -2.37. The smallest absolute Gasteiger partial charge is 0.324 e. The van der Waals surface area contributed by atoms with E-state index in [2.05, 4.69) is 0 Å². The van der Waals surface area contributed by atoms with Crippen molar-refractivity contribution < 1.29 is 19.1 Å². The van der Waals surface area contributed by atoms with E-state index in [9.17, 15) is 9.59 Å². The van der Waals surface area contributed by atoms with Gasteiger partial charge in [-0.25, -0.2) is 0 Å². The van der Waals surface area contributed by atoms with Crippen LogP contribution in [-0.4, -0.2) is 29.1 Å². The first kappa shape index (κ1) is 15.8. The first-order valence-electron chi connectivity index (χ1n) is 6.35. The van der Waals surface area contributed by atoms with Crippen LogP contribution in [0.5, 0.6) is 0 Å². The number of unbranched alkanes of at least 4 members (excludes halogenated alkanes) is 1. The number of hydrogen-bond acceptors (Lipinski definition) is 6.